The van der Waals surface area contributed by atoms with Crippen molar-refractivity contribution in [2.45, 2.75) is 6.42 Å². The van der Waals surface area contributed by atoms with Crippen molar-refractivity contribution in [1.29, 1.82) is 0 Å². The fourth-order valence-corrected chi connectivity index (χ4v) is 4.43. The van der Waals surface area contributed by atoms with E-state index >= 15 is 0 Å². The molecular formula is C27H18O. The molecule has 1 nitrogen and oxygen atoms in total. The third kappa shape index (κ3) is 2.26. The van der Waals surface area contributed by atoms with Gasteiger partial charge in [0.2, 0.25) is 0 Å². The van der Waals surface area contributed by atoms with Crippen LogP contribution in [0.25, 0.3) is 43.5 Å². The zero-order valence-corrected chi connectivity index (χ0v) is 15.4. The van der Waals surface area contributed by atoms with Crippen molar-refractivity contribution in [3.63, 3.8) is 0 Å². The van der Waals surface area contributed by atoms with Crippen molar-refractivity contribution < 1.29 is 4.42 Å². The van der Waals surface area contributed by atoms with Gasteiger partial charge in [0, 0.05) is 22.8 Å². The summed E-state index contributed by atoms with van der Waals surface area (Å²) in [6.07, 6.45) is 0.850. The quantitative estimate of drug-likeness (QED) is 0.313. The predicted molar refractivity (Wildman–Crippen MR) is 118 cm³/mol. The van der Waals surface area contributed by atoms with Gasteiger partial charge in [0.05, 0.1) is 0 Å². The molecule has 1 heterocycles. The molecule has 0 spiro atoms. The Balaban J connectivity index is 1.68. The Morgan fingerprint density at radius 1 is 0.536 bits per heavy atom. The fraction of sp³-hybridized carbons (Fsp3) is 0.0370. The van der Waals surface area contributed by atoms with E-state index < -0.39 is 0 Å². The Labute approximate surface area is 162 Å². The van der Waals surface area contributed by atoms with Crippen molar-refractivity contribution in [1.82, 2.24) is 0 Å². The first-order valence-electron chi connectivity index (χ1n) is 9.67. The number of para-hydroxylation sites is 1. The Hall–Kier alpha value is -3.58. The van der Waals surface area contributed by atoms with Crippen molar-refractivity contribution in [2.75, 3.05) is 0 Å². The summed E-state index contributed by atoms with van der Waals surface area (Å²) < 4.78 is 6.38. The molecule has 0 atom stereocenters. The van der Waals surface area contributed by atoms with Crippen LogP contribution in [0.4, 0.5) is 0 Å². The summed E-state index contributed by atoms with van der Waals surface area (Å²) in [5, 5.41) is 7.52. The van der Waals surface area contributed by atoms with E-state index in [2.05, 4.69) is 91.0 Å². The van der Waals surface area contributed by atoms with Crippen LogP contribution in [0.2, 0.25) is 0 Å². The van der Waals surface area contributed by atoms with Gasteiger partial charge in [0.1, 0.15) is 11.2 Å². The third-order valence-corrected chi connectivity index (χ3v) is 5.71. The van der Waals surface area contributed by atoms with Crippen LogP contribution in [0, 0.1) is 0 Å². The highest BCUT2D eigenvalue weighted by Gasteiger charge is 2.15. The molecule has 6 rings (SSSR count). The SMILES string of the molecule is c1ccc2c(Cc3cc4ccccc4c4c3oc3ccccc34)cccc2c1. The summed E-state index contributed by atoms with van der Waals surface area (Å²) in [5.41, 5.74) is 4.53. The van der Waals surface area contributed by atoms with E-state index in [1.807, 2.05) is 6.07 Å². The largest absolute Gasteiger partial charge is 0.456 e. The number of fused-ring (bicyclic) bond motifs is 6. The molecule has 1 aromatic heterocycles. The average molecular weight is 358 g/mol. The van der Waals surface area contributed by atoms with Crippen LogP contribution in [0.1, 0.15) is 11.1 Å². The normalized spacial score (nSPS) is 11.7. The molecule has 0 N–H and O–H groups in total. The molecule has 0 bridgehead atoms. The van der Waals surface area contributed by atoms with E-state index in [4.69, 9.17) is 4.42 Å². The van der Waals surface area contributed by atoms with E-state index in [0.717, 1.165) is 17.6 Å². The Bertz CT molecular complexity index is 1480. The first kappa shape index (κ1) is 15.5. The molecule has 0 aliphatic heterocycles. The number of furan rings is 1. The molecule has 0 unspecified atom stereocenters. The molecule has 132 valence electrons. The van der Waals surface area contributed by atoms with Gasteiger partial charge in [0.15, 0.2) is 0 Å². The highest BCUT2D eigenvalue weighted by molar-refractivity contribution is 6.19. The molecule has 1 heteroatoms. The molecule has 0 fully saturated rings. The number of benzene rings is 5. The predicted octanol–water partition coefficient (Wildman–Crippen LogP) is 7.48. The summed E-state index contributed by atoms with van der Waals surface area (Å²) in [7, 11) is 0. The van der Waals surface area contributed by atoms with E-state index in [-0.39, 0.29) is 0 Å². The molecular weight excluding hydrogens is 340 g/mol. The van der Waals surface area contributed by atoms with Gasteiger partial charge in [0.25, 0.3) is 0 Å². The standard InChI is InChI=1S/C27H18O/c1-3-12-22-18(8-1)10-7-11-19(22)16-21-17-20-9-2-4-13-23(20)26-24-14-5-6-15-25(24)28-27(21)26/h1-15,17H,16H2. The second-order valence-corrected chi connectivity index (χ2v) is 7.37. The zero-order valence-electron chi connectivity index (χ0n) is 15.4. The molecule has 28 heavy (non-hydrogen) atoms. The monoisotopic (exact) mass is 358 g/mol. The second-order valence-electron chi connectivity index (χ2n) is 7.37. The van der Waals surface area contributed by atoms with E-state index in [1.165, 1.54) is 43.4 Å². The van der Waals surface area contributed by atoms with Gasteiger partial charge in [-0.05, 0) is 39.2 Å². The van der Waals surface area contributed by atoms with Gasteiger partial charge >= 0.3 is 0 Å². The molecule has 0 aliphatic rings. The second kappa shape index (κ2) is 5.97. The smallest absolute Gasteiger partial charge is 0.139 e. The molecule has 0 aliphatic carbocycles. The lowest BCUT2D eigenvalue weighted by atomic mass is 9.94. The molecule has 0 saturated carbocycles. The number of hydrogen-bond acceptors (Lipinski definition) is 1. The van der Waals surface area contributed by atoms with E-state index in [1.54, 1.807) is 0 Å². The van der Waals surface area contributed by atoms with Crippen molar-refractivity contribution in [2.24, 2.45) is 0 Å². The van der Waals surface area contributed by atoms with Gasteiger partial charge in [-0.3, -0.25) is 0 Å². The van der Waals surface area contributed by atoms with Gasteiger partial charge in [-0.15, -0.1) is 0 Å². The first-order chi connectivity index (χ1) is 13.9. The molecule has 6 aromatic rings. The number of hydrogen-bond donors (Lipinski definition) is 0. The maximum atomic E-state index is 6.38. The minimum absolute atomic E-state index is 0.850. The molecule has 0 radical (unpaired) electrons. The topological polar surface area (TPSA) is 13.1 Å². The van der Waals surface area contributed by atoms with Gasteiger partial charge in [-0.25, -0.2) is 0 Å². The minimum atomic E-state index is 0.850. The van der Waals surface area contributed by atoms with Crippen molar-refractivity contribution in [3.05, 3.63) is 108 Å². The molecule has 0 saturated heterocycles. The van der Waals surface area contributed by atoms with Crippen LogP contribution in [-0.4, -0.2) is 0 Å². The van der Waals surface area contributed by atoms with Gasteiger partial charge in [-0.2, -0.15) is 0 Å². The summed E-state index contributed by atoms with van der Waals surface area (Å²) in [5.74, 6) is 0. The van der Waals surface area contributed by atoms with Crippen LogP contribution >= 0.6 is 0 Å². The lowest BCUT2D eigenvalue weighted by Crippen LogP contribution is -1.91. The third-order valence-electron chi connectivity index (χ3n) is 5.71. The number of rotatable bonds is 2. The van der Waals surface area contributed by atoms with E-state index in [0.29, 0.717) is 0 Å². The minimum Gasteiger partial charge on any atom is -0.456 e. The van der Waals surface area contributed by atoms with Crippen LogP contribution in [0.5, 0.6) is 0 Å². The van der Waals surface area contributed by atoms with Crippen LogP contribution in [0.15, 0.2) is 101 Å². The van der Waals surface area contributed by atoms with Gasteiger partial charge in [-0.1, -0.05) is 84.9 Å². The first-order valence-corrected chi connectivity index (χ1v) is 9.67. The lowest BCUT2D eigenvalue weighted by Gasteiger charge is -2.09. The maximum Gasteiger partial charge on any atom is 0.139 e. The van der Waals surface area contributed by atoms with Gasteiger partial charge < -0.3 is 4.42 Å². The van der Waals surface area contributed by atoms with Crippen LogP contribution in [0.3, 0.4) is 0 Å². The molecule has 5 aromatic carbocycles. The van der Waals surface area contributed by atoms with Crippen molar-refractivity contribution >= 4 is 43.5 Å². The summed E-state index contributed by atoms with van der Waals surface area (Å²) in [6.45, 7) is 0. The Kier molecular flexibility index (Phi) is 3.30. The highest BCUT2D eigenvalue weighted by Crippen LogP contribution is 2.38. The highest BCUT2D eigenvalue weighted by atomic mass is 16.3. The summed E-state index contributed by atoms with van der Waals surface area (Å²) >= 11 is 0. The maximum absolute atomic E-state index is 6.38. The summed E-state index contributed by atoms with van der Waals surface area (Å²) in [4.78, 5) is 0. The Morgan fingerprint density at radius 3 is 2.11 bits per heavy atom. The van der Waals surface area contributed by atoms with Crippen LogP contribution in [-0.2, 0) is 6.42 Å². The van der Waals surface area contributed by atoms with Crippen LogP contribution < -0.4 is 0 Å². The molecule has 0 amide bonds. The Morgan fingerprint density at radius 2 is 1.21 bits per heavy atom. The van der Waals surface area contributed by atoms with Crippen molar-refractivity contribution in [3.8, 4) is 0 Å². The fourth-order valence-electron chi connectivity index (χ4n) is 4.43. The van der Waals surface area contributed by atoms with E-state index in [9.17, 15) is 0 Å². The zero-order chi connectivity index (χ0) is 18.5. The lowest BCUT2D eigenvalue weighted by molar-refractivity contribution is 0.664. The average Bonchev–Trinajstić information content (AvgIpc) is 3.14. The summed E-state index contributed by atoms with van der Waals surface area (Å²) in [6, 6.07) is 34.4.